The number of carboxylic acids is 1. The van der Waals surface area contributed by atoms with Crippen LogP contribution in [0.1, 0.15) is 36.4 Å². The fraction of sp³-hybridized carbons (Fsp3) is 0.286. The minimum atomic E-state index is -1.15. The van der Waals surface area contributed by atoms with Gasteiger partial charge in [0.05, 0.1) is 13.4 Å². The van der Waals surface area contributed by atoms with Crippen LogP contribution in [0.25, 0.3) is 6.08 Å². The molecule has 2 rings (SSSR count). The molecule has 1 heterocycles. The summed E-state index contributed by atoms with van der Waals surface area (Å²) in [7, 11) is 1.54. The van der Waals surface area contributed by atoms with Gasteiger partial charge in [0, 0.05) is 0 Å². The fourth-order valence-corrected chi connectivity index (χ4v) is 2.55. The Labute approximate surface area is 168 Å². The first-order chi connectivity index (χ1) is 13.8. The summed E-state index contributed by atoms with van der Waals surface area (Å²) in [6.07, 6.45) is 3.04. The molecule has 1 aromatic heterocycles. The molecule has 0 fully saturated rings. The molecular weight excluding hydrogens is 376 g/mol. The first-order valence-corrected chi connectivity index (χ1v) is 9.04. The highest BCUT2D eigenvalue weighted by Gasteiger charge is 2.24. The van der Waals surface area contributed by atoms with Crippen molar-refractivity contribution in [2.75, 3.05) is 7.11 Å². The number of ether oxygens (including phenoxy) is 1. The molecular formula is C21H24N2O6. The maximum atomic E-state index is 12.8. The third-order valence-corrected chi connectivity index (χ3v) is 3.98. The third-order valence-electron chi connectivity index (χ3n) is 3.98. The number of amides is 2. The van der Waals surface area contributed by atoms with Crippen LogP contribution in [0.3, 0.4) is 0 Å². The molecule has 1 atom stereocenters. The number of aliphatic carboxylic acids is 1. The van der Waals surface area contributed by atoms with E-state index in [4.69, 9.17) is 9.15 Å². The van der Waals surface area contributed by atoms with Gasteiger partial charge in [-0.25, -0.2) is 4.79 Å². The van der Waals surface area contributed by atoms with Crippen LogP contribution < -0.4 is 15.4 Å². The zero-order valence-electron chi connectivity index (χ0n) is 16.5. The minimum absolute atomic E-state index is 0.0235. The number of rotatable bonds is 9. The summed E-state index contributed by atoms with van der Waals surface area (Å²) in [6.45, 7) is 3.71. The molecule has 29 heavy (non-hydrogen) atoms. The predicted molar refractivity (Wildman–Crippen MR) is 106 cm³/mol. The predicted octanol–water partition coefficient (Wildman–Crippen LogP) is 2.67. The molecule has 0 saturated carbocycles. The van der Waals surface area contributed by atoms with Gasteiger partial charge in [-0.05, 0) is 48.2 Å². The summed E-state index contributed by atoms with van der Waals surface area (Å²) in [5.74, 6) is -1.77. The molecule has 2 amide bonds. The van der Waals surface area contributed by atoms with E-state index in [1.165, 1.54) is 25.5 Å². The Bertz CT molecular complexity index is 869. The Morgan fingerprint density at radius 1 is 1.17 bits per heavy atom. The molecule has 0 aliphatic carbocycles. The molecule has 0 saturated heterocycles. The minimum Gasteiger partial charge on any atom is -0.497 e. The number of carbonyl (C=O) groups is 3. The maximum Gasteiger partial charge on any atom is 0.326 e. The highest BCUT2D eigenvalue weighted by atomic mass is 16.5. The Balaban J connectivity index is 2.28. The molecule has 0 radical (unpaired) electrons. The Morgan fingerprint density at radius 3 is 2.38 bits per heavy atom. The molecule has 0 aliphatic rings. The monoisotopic (exact) mass is 400 g/mol. The second-order valence-corrected chi connectivity index (χ2v) is 6.76. The molecule has 1 aromatic carbocycles. The van der Waals surface area contributed by atoms with Crippen molar-refractivity contribution in [3.63, 3.8) is 0 Å². The number of nitrogens with one attached hydrogen (secondary N) is 2. The smallest absolute Gasteiger partial charge is 0.326 e. The molecule has 0 unspecified atom stereocenters. The molecule has 0 aliphatic heterocycles. The van der Waals surface area contributed by atoms with Gasteiger partial charge in [-0.2, -0.15) is 0 Å². The van der Waals surface area contributed by atoms with Crippen LogP contribution >= 0.6 is 0 Å². The zero-order chi connectivity index (χ0) is 21.4. The lowest BCUT2D eigenvalue weighted by Crippen LogP contribution is -2.44. The summed E-state index contributed by atoms with van der Waals surface area (Å²) in [5.41, 5.74) is 0.512. The number of furan rings is 1. The second kappa shape index (κ2) is 10.1. The van der Waals surface area contributed by atoms with Crippen molar-refractivity contribution >= 4 is 23.9 Å². The van der Waals surface area contributed by atoms with E-state index in [-0.39, 0.29) is 23.8 Å². The number of methoxy groups -OCH3 is 1. The van der Waals surface area contributed by atoms with Gasteiger partial charge in [-0.3, -0.25) is 9.59 Å². The van der Waals surface area contributed by atoms with Crippen molar-refractivity contribution in [1.29, 1.82) is 0 Å². The normalized spacial score (nSPS) is 12.3. The molecule has 2 aromatic rings. The summed E-state index contributed by atoms with van der Waals surface area (Å²) in [5, 5.41) is 14.3. The molecule has 8 heteroatoms. The van der Waals surface area contributed by atoms with Crippen LogP contribution in [-0.4, -0.2) is 36.0 Å². The molecule has 0 spiro atoms. The van der Waals surface area contributed by atoms with Gasteiger partial charge in [0.1, 0.15) is 17.5 Å². The summed E-state index contributed by atoms with van der Waals surface area (Å²) < 4.78 is 10.2. The second-order valence-electron chi connectivity index (χ2n) is 6.76. The third kappa shape index (κ3) is 6.53. The van der Waals surface area contributed by atoms with E-state index in [1.807, 2.05) is 13.8 Å². The van der Waals surface area contributed by atoms with E-state index in [1.54, 1.807) is 30.3 Å². The van der Waals surface area contributed by atoms with Crippen molar-refractivity contribution < 1.29 is 28.6 Å². The Morgan fingerprint density at radius 2 is 1.86 bits per heavy atom. The number of carboxylic acid groups (broad SMARTS) is 1. The highest BCUT2D eigenvalue weighted by molar-refractivity contribution is 6.05. The van der Waals surface area contributed by atoms with E-state index in [0.29, 0.717) is 11.3 Å². The zero-order valence-corrected chi connectivity index (χ0v) is 16.5. The highest BCUT2D eigenvalue weighted by Crippen LogP contribution is 2.14. The van der Waals surface area contributed by atoms with Gasteiger partial charge in [0.2, 0.25) is 0 Å². The van der Waals surface area contributed by atoms with E-state index in [9.17, 15) is 19.5 Å². The van der Waals surface area contributed by atoms with Gasteiger partial charge >= 0.3 is 5.97 Å². The van der Waals surface area contributed by atoms with Crippen molar-refractivity contribution in [2.24, 2.45) is 5.92 Å². The lowest BCUT2D eigenvalue weighted by Gasteiger charge is -2.18. The van der Waals surface area contributed by atoms with Crippen LogP contribution in [0.5, 0.6) is 5.75 Å². The number of carbonyl (C=O) groups excluding carboxylic acids is 2. The largest absolute Gasteiger partial charge is 0.497 e. The summed E-state index contributed by atoms with van der Waals surface area (Å²) in [6, 6.07) is 8.73. The summed E-state index contributed by atoms with van der Waals surface area (Å²) in [4.78, 5) is 36.6. The van der Waals surface area contributed by atoms with Crippen molar-refractivity contribution in [3.8, 4) is 5.75 Å². The molecule has 0 bridgehead atoms. The van der Waals surface area contributed by atoms with Crippen LogP contribution in [0.4, 0.5) is 0 Å². The Kier molecular flexibility index (Phi) is 7.59. The van der Waals surface area contributed by atoms with Crippen LogP contribution in [0.15, 0.2) is 52.8 Å². The molecule has 3 N–H and O–H groups in total. The van der Waals surface area contributed by atoms with Gasteiger partial charge in [0.25, 0.3) is 11.8 Å². The van der Waals surface area contributed by atoms with Gasteiger partial charge in [-0.1, -0.05) is 26.0 Å². The first kappa shape index (κ1) is 21.7. The standard InChI is InChI=1S/C21H24N2O6/c1-13(2)11-17(21(26)27)23-19(24)16(22-20(25)18-5-4-10-29-18)12-14-6-8-15(28-3)9-7-14/h4-10,12-13,17H,11H2,1-3H3,(H,22,25)(H,23,24)(H,26,27)/b16-12-/t17-/m1/s1. The first-order valence-electron chi connectivity index (χ1n) is 9.04. The van der Waals surface area contributed by atoms with Gasteiger partial charge in [-0.15, -0.1) is 0 Å². The average Bonchev–Trinajstić information content (AvgIpc) is 3.22. The Hall–Kier alpha value is -3.55. The average molecular weight is 400 g/mol. The van der Waals surface area contributed by atoms with Crippen LogP contribution in [0, 0.1) is 5.92 Å². The van der Waals surface area contributed by atoms with Gasteiger partial charge < -0.3 is 24.9 Å². The molecule has 8 nitrogen and oxygen atoms in total. The lowest BCUT2D eigenvalue weighted by molar-refractivity contribution is -0.141. The van der Waals surface area contributed by atoms with Crippen molar-refractivity contribution in [2.45, 2.75) is 26.3 Å². The van der Waals surface area contributed by atoms with E-state index < -0.39 is 23.8 Å². The van der Waals surface area contributed by atoms with Crippen molar-refractivity contribution in [1.82, 2.24) is 10.6 Å². The lowest BCUT2D eigenvalue weighted by atomic mass is 10.0. The molecule has 154 valence electrons. The van der Waals surface area contributed by atoms with Crippen LogP contribution in [-0.2, 0) is 9.59 Å². The van der Waals surface area contributed by atoms with Gasteiger partial charge in [0.15, 0.2) is 5.76 Å². The maximum absolute atomic E-state index is 12.8. The van der Waals surface area contributed by atoms with E-state index in [0.717, 1.165) is 0 Å². The van der Waals surface area contributed by atoms with Crippen molar-refractivity contribution in [3.05, 3.63) is 59.7 Å². The van der Waals surface area contributed by atoms with E-state index in [2.05, 4.69) is 10.6 Å². The quantitative estimate of drug-likeness (QED) is 0.557. The topological polar surface area (TPSA) is 118 Å². The van der Waals surface area contributed by atoms with Crippen LogP contribution in [0.2, 0.25) is 0 Å². The number of hydrogen-bond donors (Lipinski definition) is 3. The SMILES string of the molecule is COc1ccc(/C=C(\NC(=O)c2ccco2)C(=O)N[C@H](CC(C)C)C(=O)O)cc1. The number of hydrogen-bond acceptors (Lipinski definition) is 5. The summed E-state index contributed by atoms with van der Waals surface area (Å²) >= 11 is 0. The fourth-order valence-electron chi connectivity index (χ4n) is 2.55. The number of benzene rings is 1. The van der Waals surface area contributed by atoms with E-state index >= 15 is 0 Å².